The van der Waals surface area contributed by atoms with Gasteiger partial charge in [0.05, 0.1) is 6.54 Å². The lowest BCUT2D eigenvalue weighted by Crippen LogP contribution is -2.30. The number of halogens is 1. The molecule has 3 aromatic rings. The van der Waals surface area contributed by atoms with Gasteiger partial charge in [0.2, 0.25) is 5.91 Å². The minimum atomic E-state index is 0.0471. The maximum absolute atomic E-state index is 12.3. The first-order chi connectivity index (χ1) is 12.1. The number of carbonyl (C=O) groups excluding carboxylic acids is 1. The van der Waals surface area contributed by atoms with Crippen molar-refractivity contribution in [3.63, 3.8) is 0 Å². The lowest BCUT2D eigenvalue weighted by atomic mass is 9.95. The topological polar surface area (TPSA) is 25.2 Å². The Morgan fingerprint density at radius 1 is 0.960 bits per heavy atom. The fourth-order valence-electron chi connectivity index (χ4n) is 3.49. The van der Waals surface area contributed by atoms with Crippen molar-refractivity contribution in [3.05, 3.63) is 82.6 Å². The van der Waals surface area contributed by atoms with Crippen molar-refractivity contribution in [1.29, 1.82) is 0 Å². The number of nitrogens with zero attached hydrogens (tertiary/aromatic N) is 2. The standard InChI is InChI=1S/C21H19ClN2O/c1-15(25)24-14-18-6-8-20(23-10-2-3-11-23)13-16(18)4-5-17-12-19(22)7-9-21(17)24/h2-3,6-13H,4-5,14H2,1H3. The summed E-state index contributed by atoms with van der Waals surface area (Å²) in [6, 6.07) is 16.3. The highest BCUT2D eigenvalue weighted by atomic mass is 35.5. The molecule has 3 nitrogen and oxygen atoms in total. The molecule has 0 unspecified atom stereocenters. The summed E-state index contributed by atoms with van der Waals surface area (Å²) in [5.74, 6) is 0.0471. The second kappa shape index (κ2) is 6.41. The molecule has 0 saturated carbocycles. The molecule has 0 aliphatic carbocycles. The summed E-state index contributed by atoms with van der Waals surface area (Å²) in [6.45, 7) is 2.21. The molecule has 4 rings (SSSR count). The number of carbonyl (C=O) groups is 1. The van der Waals surface area contributed by atoms with Crippen LogP contribution in [0.1, 0.15) is 23.6 Å². The van der Waals surface area contributed by atoms with Gasteiger partial charge >= 0.3 is 0 Å². The Labute approximate surface area is 152 Å². The molecule has 1 aliphatic rings. The summed E-state index contributed by atoms with van der Waals surface area (Å²) >= 11 is 6.18. The Kier molecular flexibility index (Phi) is 4.10. The van der Waals surface area contributed by atoms with E-state index < -0.39 is 0 Å². The smallest absolute Gasteiger partial charge is 0.224 e. The summed E-state index contributed by atoms with van der Waals surface area (Å²) in [7, 11) is 0. The van der Waals surface area contributed by atoms with Crippen LogP contribution in [0.15, 0.2) is 60.9 Å². The Hall–Kier alpha value is -2.52. The van der Waals surface area contributed by atoms with E-state index >= 15 is 0 Å². The third-order valence-corrected chi connectivity index (χ3v) is 5.03. The Morgan fingerprint density at radius 2 is 1.72 bits per heavy atom. The van der Waals surface area contributed by atoms with Crippen LogP contribution in [0.4, 0.5) is 5.69 Å². The van der Waals surface area contributed by atoms with Gasteiger partial charge in [0.1, 0.15) is 0 Å². The quantitative estimate of drug-likeness (QED) is 0.620. The lowest BCUT2D eigenvalue weighted by molar-refractivity contribution is -0.116. The fourth-order valence-corrected chi connectivity index (χ4v) is 3.68. The van der Waals surface area contributed by atoms with Gasteiger partial charge in [-0.25, -0.2) is 0 Å². The van der Waals surface area contributed by atoms with Crippen LogP contribution in [-0.4, -0.2) is 10.5 Å². The molecule has 0 N–H and O–H groups in total. The fraction of sp³-hybridized carbons (Fsp3) is 0.190. The van der Waals surface area contributed by atoms with E-state index in [0.717, 1.165) is 29.8 Å². The van der Waals surface area contributed by atoms with Gasteiger partial charge in [-0.05, 0) is 72.0 Å². The van der Waals surface area contributed by atoms with Crippen molar-refractivity contribution in [2.75, 3.05) is 4.90 Å². The first-order valence-corrected chi connectivity index (χ1v) is 8.81. The molecular weight excluding hydrogens is 332 g/mol. The van der Waals surface area contributed by atoms with Crippen LogP contribution in [-0.2, 0) is 24.2 Å². The Balaban J connectivity index is 1.78. The Bertz CT molecular complexity index is 931. The summed E-state index contributed by atoms with van der Waals surface area (Å²) in [5, 5.41) is 0.712. The normalized spacial score (nSPS) is 13.6. The van der Waals surface area contributed by atoms with Crippen molar-refractivity contribution in [2.24, 2.45) is 0 Å². The van der Waals surface area contributed by atoms with Gasteiger partial charge in [-0.1, -0.05) is 17.7 Å². The number of aryl methyl sites for hydroxylation is 2. The second-order valence-electron chi connectivity index (χ2n) is 6.42. The molecule has 1 aliphatic heterocycles. The highest BCUT2D eigenvalue weighted by Gasteiger charge is 2.21. The van der Waals surface area contributed by atoms with Gasteiger partial charge in [-0.2, -0.15) is 0 Å². The molecule has 2 aromatic carbocycles. The van der Waals surface area contributed by atoms with E-state index in [9.17, 15) is 4.79 Å². The summed E-state index contributed by atoms with van der Waals surface area (Å²) in [6.07, 6.45) is 5.88. The van der Waals surface area contributed by atoms with Crippen molar-refractivity contribution in [1.82, 2.24) is 4.57 Å². The largest absolute Gasteiger partial charge is 0.324 e. The molecule has 1 aromatic heterocycles. The SMILES string of the molecule is CC(=O)N1Cc2ccc(-n3cccc3)cc2CCc2cc(Cl)ccc21. The maximum atomic E-state index is 12.3. The van der Waals surface area contributed by atoms with E-state index in [4.69, 9.17) is 11.6 Å². The van der Waals surface area contributed by atoms with Gasteiger partial charge in [-0.15, -0.1) is 0 Å². The molecule has 0 fully saturated rings. The van der Waals surface area contributed by atoms with Gasteiger partial charge < -0.3 is 9.47 Å². The monoisotopic (exact) mass is 350 g/mol. The number of hydrogen-bond donors (Lipinski definition) is 0. The predicted molar refractivity (Wildman–Crippen MR) is 101 cm³/mol. The number of anilines is 1. The number of benzene rings is 2. The van der Waals surface area contributed by atoms with Crippen LogP contribution >= 0.6 is 11.6 Å². The Morgan fingerprint density at radius 3 is 2.48 bits per heavy atom. The predicted octanol–water partition coefficient (Wildman–Crippen LogP) is 4.78. The van der Waals surface area contributed by atoms with E-state index in [1.54, 1.807) is 6.92 Å². The molecule has 0 radical (unpaired) electrons. The van der Waals surface area contributed by atoms with Crippen molar-refractivity contribution in [3.8, 4) is 5.69 Å². The molecule has 25 heavy (non-hydrogen) atoms. The van der Waals surface area contributed by atoms with Crippen molar-refractivity contribution >= 4 is 23.2 Å². The van der Waals surface area contributed by atoms with Crippen LogP contribution in [0.25, 0.3) is 5.69 Å². The van der Waals surface area contributed by atoms with E-state index in [1.165, 1.54) is 11.1 Å². The van der Waals surface area contributed by atoms with E-state index in [1.807, 2.05) is 47.6 Å². The highest BCUT2D eigenvalue weighted by Crippen LogP contribution is 2.31. The van der Waals surface area contributed by atoms with Crippen LogP contribution in [0.2, 0.25) is 5.02 Å². The zero-order chi connectivity index (χ0) is 17.4. The minimum absolute atomic E-state index is 0.0471. The first kappa shape index (κ1) is 16.0. The third kappa shape index (κ3) is 3.08. The average Bonchev–Trinajstić information content (AvgIpc) is 3.11. The molecule has 0 atom stereocenters. The number of hydrogen-bond acceptors (Lipinski definition) is 1. The van der Waals surface area contributed by atoms with Gasteiger partial charge in [0, 0.05) is 35.7 Å². The van der Waals surface area contributed by atoms with Crippen molar-refractivity contribution < 1.29 is 4.79 Å². The lowest BCUT2D eigenvalue weighted by Gasteiger charge is -2.28. The molecule has 0 spiro atoms. The maximum Gasteiger partial charge on any atom is 0.224 e. The van der Waals surface area contributed by atoms with Gasteiger partial charge in [0.25, 0.3) is 0 Å². The van der Waals surface area contributed by atoms with E-state index in [-0.39, 0.29) is 5.91 Å². The molecule has 1 amide bonds. The van der Waals surface area contributed by atoms with E-state index in [2.05, 4.69) is 22.8 Å². The zero-order valence-electron chi connectivity index (χ0n) is 14.1. The molecule has 0 saturated heterocycles. The van der Waals surface area contributed by atoms with Gasteiger partial charge in [0.15, 0.2) is 0 Å². The van der Waals surface area contributed by atoms with E-state index in [0.29, 0.717) is 11.6 Å². The minimum Gasteiger partial charge on any atom is -0.324 e. The summed E-state index contributed by atoms with van der Waals surface area (Å²) in [4.78, 5) is 14.1. The number of rotatable bonds is 1. The second-order valence-corrected chi connectivity index (χ2v) is 6.86. The van der Waals surface area contributed by atoms with Crippen molar-refractivity contribution in [2.45, 2.75) is 26.3 Å². The summed E-state index contributed by atoms with van der Waals surface area (Å²) in [5.41, 5.74) is 5.72. The zero-order valence-corrected chi connectivity index (χ0v) is 14.8. The van der Waals surface area contributed by atoms with Crippen LogP contribution in [0.5, 0.6) is 0 Å². The molecule has 0 bridgehead atoms. The molecule has 4 heteroatoms. The number of fused-ring (bicyclic) bond motifs is 2. The summed E-state index contributed by atoms with van der Waals surface area (Å²) < 4.78 is 2.10. The van der Waals surface area contributed by atoms with Crippen LogP contribution in [0.3, 0.4) is 0 Å². The average molecular weight is 351 g/mol. The third-order valence-electron chi connectivity index (χ3n) is 4.80. The molecular formula is C21H19ClN2O. The molecule has 2 heterocycles. The molecule has 126 valence electrons. The number of amides is 1. The van der Waals surface area contributed by atoms with Crippen LogP contribution in [0, 0.1) is 0 Å². The highest BCUT2D eigenvalue weighted by molar-refractivity contribution is 6.30. The number of aromatic nitrogens is 1. The first-order valence-electron chi connectivity index (χ1n) is 8.43. The van der Waals surface area contributed by atoms with Gasteiger partial charge in [-0.3, -0.25) is 4.79 Å². The van der Waals surface area contributed by atoms with Crippen LogP contribution < -0.4 is 4.90 Å².